The van der Waals surface area contributed by atoms with Gasteiger partial charge in [-0.3, -0.25) is 0 Å². The summed E-state index contributed by atoms with van der Waals surface area (Å²) < 4.78 is 28.6. The van der Waals surface area contributed by atoms with Crippen molar-refractivity contribution >= 4 is 0 Å². The van der Waals surface area contributed by atoms with Crippen molar-refractivity contribution in [2.45, 2.75) is 78.1 Å². The van der Waals surface area contributed by atoms with Gasteiger partial charge in [0.2, 0.25) is 0 Å². The molecule has 142 valence electrons. The number of unbranched alkanes of at least 4 members (excludes halogenated alkanes) is 4. The first-order chi connectivity index (χ1) is 12.6. The molecule has 0 saturated carbocycles. The summed E-state index contributed by atoms with van der Waals surface area (Å²) in [5.74, 6) is -0.314. The minimum Gasteiger partial charge on any atom is -0.207 e. The van der Waals surface area contributed by atoms with E-state index in [9.17, 15) is 8.78 Å². The predicted molar refractivity (Wildman–Crippen MR) is 107 cm³/mol. The molecule has 0 heterocycles. The van der Waals surface area contributed by atoms with Crippen molar-refractivity contribution in [2.75, 3.05) is 0 Å². The van der Waals surface area contributed by atoms with Crippen LogP contribution in [0.15, 0.2) is 36.4 Å². The Morgan fingerprint density at radius 3 is 1.35 bits per heavy atom. The quantitative estimate of drug-likeness (QED) is 0.372. The molecular formula is C24H32F2. The van der Waals surface area contributed by atoms with Crippen LogP contribution in [0.4, 0.5) is 8.78 Å². The molecule has 0 aromatic heterocycles. The molecule has 2 rings (SSSR count). The Balaban J connectivity index is 1.91. The van der Waals surface area contributed by atoms with Crippen molar-refractivity contribution in [3.63, 3.8) is 0 Å². The molecule has 0 amide bonds. The molecule has 2 heteroatoms. The highest BCUT2D eigenvalue weighted by atomic mass is 19.1. The molecule has 0 aliphatic rings. The Hall–Kier alpha value is -1.70. The number of hydrogen-bond donors (Lipinski definition) is 0. The third-order valence-electron chi connectivity index (χ3n) is 5.04. The van der Waals surface area contributed by atoms with Gasteiger partial charge in [-0.05, 0) is 72.9 Å². The molecule has 0 spiro atoms. The van der Waals surface area contributed by atoms with Gasteiger partial charge < -0.3 is 0 Å². The summed E-state index contributed by atoms with van der Waals surface area (Å²) in [6.45, 7) is 4.33. The zero-order chi connectivity index (χ0) is 18.8. The molecule has 2 aromatic rings. The predicted octanol–water partition coefficient (Wildman–Crippen LogP) is 7.22. The number of aryl methyl sites for hydroxylation is 4. The summed E-state index contributed by atoms with van der Waals surface area (Å²) in [4.78, 5) is 0. The molecular weight excluding hydrogens is 326 g/mol. The largest absolute Gasteiger partial charge is 0.207 e. The topological polar surface area (TPSA) is 0 Å². The Labute approximate surface area is 157 Å². The highest BCUT2D eigenvalue weighted by molar-refractivity contribution is 5.28. The summed E-state index contributed by atoms with van der Waals surface area (Å²) in [5, 5.41) is 0. The monoisotopic (exact) mass is 358 g/mol. The van der Waals surface area contributed by atoms with Gasteiger partial charge in [-0.15, -0.1) is 0 Å². The van der Waals surface area contributed by atoms with Crippen LogP contribution in [0.5, 0.6) is 0 Å². The van der Waals surface area contributed by atoms with E-state index in [0.29, 0.717) is 24.0 Å². The van der Waals surface area contributed by atoms with Crippen LogP contribution in [0.1, 0.15) is 74.6 Å². The van der Waals surface area contributed by atoms with Gasteiger partial charge in [-0.2, -0.15) is 0 Å². The number of benzene rings is 2. The second kappa shape index (κ2) is 11.1. The fourth-order valence-corrected chi connectivity index (χ4v) is 3.33. The lowest BCUT2D eigenvalue weighted by atomic mass is 9.98. The minimum absolute atomic E-state index is 0.157. The first-order valence-electron chi connectivity index (χ1n) is 10.2. The van der Waals surface area contributed by atoms with Gasteiger partial charge in [0.05, 0.1) is 0 Å². The Morgan fingerprint density at radius 2 is 1.00 bits per heavy atom. The standard InChI is InChI=1S/C24H32F2/c1-3-5-7-9-19-11-13-21(23(25)17-19)15-16-22-14-12-20(18-24(22)26)10-8-6-4-2/h11-14,17-18H,3-10,15-16H2,1-2H3. The Kier molecular flexibility index (Phi) is 8.80. The van der Waals surface area contributed by atoms with Crippen molar-refractivity contribution in [1.29, 1.82) is 0 Å². The molecule has 0 saturated heterocycles. The van der Waals surface area contributed by atoms with Gasteiger partial charge in [0, 0.05) is 0 Å². The minimum atomic E-state index is -0.157. The lowest BCUT2D eigenvalue weighted by Crippen LogP contribution is -1.99. The lowest BCUT2D eigenvalue weighted by Gasteiger charge is -2.09. The smallest absolute Gasteiger partial charge is 0.126 e. The maximum atomic E-state index is 14.3. The molecule has 0 aliphatic carbocycles. The van der Waals surface area contributed by atoms with Crippen LogP contribution >= 0.6 is 0 Å². The molecule has 0 bridgehead atoms. The Bertz CT molecular complexity index is 616. The molecule has 0 N–H and O–H groups in total. The average Bonchev–Trinajstić information content (AvgIpc) is 2.63. The highest BCUT2D eigenvalue weighted by Crippen LogP contribution is 2.18. The van der Waals surface area contributed by atoms with E-state index in [1.165, 1.54) is 25.7 Å². The summed E-state index contributed by atoms with van der Waals surface area (Å²) >= 11 is 0. The molecule has 0 fully saturated rings. The highest BCUT2D eigenvalue weighted by Gasteiger charge is 2.08. The van der Waals surface area contributed by atoms with Crippen molar-refractivity contribution in [3.8, 4) is 0 Å². The SMILES string of the molecule is CCCCCc1ccc(CCc2ccc(CCCCC)cc2F)c(F)c1. The van der Waals surface area contributed by atoms with Gasteiger partial charge in [0.25, 0.3) is 0 Å². The van der Waals surface area contributed by atoms with E-state index in [1.807, 2.05) is 24.3 Å². The zero-order valence-electron chi connectivity index (χ0n) is 16.3. The fourth-order valence-electron chi connectivity index (χ4n) is 3.33. The number of rotatable bonds is 11. The van der Waals surface area contributed by atoms with Gasteiger partial charge in [-0.25, -0.2) is 8.78 Å². The molecule has 0 radical (unpaired) electrons. The van der Waals surface area contributed by atoms with Crippen molar-refractivity contribution in [1.82, 2.24) is 0 Å². The lowest BCUT2D eigenvalue weighted by molar-refractivity contribution is 0.591. The maximum absolute atomic E-state index is 14.3. The normalized spacial score (nSPS) is 11.1. The summed E-state index contributed by atoms with van der Waals surface area (Å²) in [5.41, 5.74) is 3.47. The second-order valence-corrected chi connectivity index (χ2v) is 7.27. The van der Waals surface area contributed by atoms with Crippen LogP contribution < -0.4 is 0 Å². The van der Waals surface area contributed by atoms with Crippen LogP contribution in [-0.2, 0) is 25.7 Å². The van der Waals surface area contributed by atoms with Crippen LogP contribution in [0.25, 0.3) is 0 Å². The zero-order valence-corrected chi connectivity index (χ0v) is 16.3. The second-order valence-electron chi connectivity index (χ2n) is 7.27. The fraction of sp³-hybridized carbons (Fsp3) is 0.500. The number of hydrogen-bond acceptors (Lipinski definition) is 0. The van der Waals surface area contributed by atoms with Crippen LogP contribution in [0.3, 0.4) is 0 Å². The van der Waals surface area contributed by atoms with Gasteiger partial charge in [0.15, 0.2) is 0 Å². The van der Waals surface area contributed by atoms with E-state index >= 15 is 0 Å². The van der Waals surface area contributed by atoms with Crippen molar-refractivity contribution in [2.24, 2.45) is 0 Å². The van der Waals surface area contributed by atoms with Crippen LogP contribution in [-0.4, -0.2) is 0 Å². The van der Waals surface area contributed by atoms with Crippen molar-refractivity contribution in [3.05, 3.63) is 70.3 Å². The molecule has 26 heavy (non-hydrogen) atoms. The van der Waals surface area contributed by atoms with E-state index in [1.54, 1.807) is 12.1 Å². The van der Waals surface area contributed by atoms with Gasteiger partial charge >= 0.3 is 0 Å². The Morgan fingerprint density at radius 1 is 0.577 bits per heavy atom. The first-order valence-corrected chi connectivity index (χ1v) is 10.2. The molecule has 0 nitrogen and oxygen atoms in total. The van der Waals surface area contributed by atoms with Crippen LogP contribution in [0, 0.1) is 11.6 Å². The van der Waals surface area contributed by atoms with E-state index < -0.39 is 0 Å². The summed E-state index contributed by atoms with van der Waals surface area (Å²) in [6.07, 6.45) is 9.83. The van der Waals surface area contributed by atoms with Gasteiger partial charge in [-0.1, -0.05) is 63.8 Å². The average molecular weight is 359 g/mol. The van der Waals surface area contributed by atoms with Crippen molar-refractivity contribution < 1.29 is 8.78 Å². The molecule has 0 unspecified atom stereocenters. The number of halogens is 2. The van der Waals surface area contributed by atoms with E-state index in [4.69, 9.17) is 0 Å². The van der Waals surface area contributed by atoms with Crippen LogP contribution in [0.2, 0.25) is 0 Å². The van der Waals surface area contributed by atoms with Gasteiger partial charge in [0.1, 0.15) is 11.6 Å². The van der Waals surface area contributed by atoms with E-state index in [2.05, 4.69) is 13.8 Å². The first kappa shape index (κ1) is 20.6. The summed E-state index contributed by atoms with van der Waals surface area (Å²) in [6, 6.07) is 11.1. The maximum Gasteiger partial charge on any atom is 0.126 e. The molecule has 0 aliphatic heterocycles. The van der Waals surface area contributed by atoms with E-state index in [-0.39, 0.29) is 11.6 Å². The van der Waals surface area contributed by atoms with E-state index in [0.717, 1.165) is 36.8 Å². The summed E-state index contributed by atoms with van der Waals surface area (Å²) in [7, 11) is 0. The molecule has 0 atom stereocenters. The third kappa shape index (κ3) is 6.55. The third-order valence-corrected chi connectivity index (χ3v) is 5.04. The molecule has 2 aromatic carbocycles.